The van der Waals surface area contributed by atoms with E-state index in [0.717, 1.165) is 73.3 Å². The first-order chi connectivity index (χ1) is 21.1. The fraction of sp³-hybridized carbons (Fsp3) is 0.314. The number of benzene rings is 4. The van der Waals surface area contributed by atoms with Crippen molar-refractivity contribution in [1.29, 1.82) is 0 Å². The standard InChI is InChI=1S/C35H41N3O3P2/c39-42(32-16-5-1-6-17-32,33-18-7-2-8-19-33)37(28-31-29-41-31)26-14-13-24-36-25-15-27-38(30-36)43(40,34-20-9-3-10-21-34)35-22-11-4-12-23-35/h1-12,16-23,31H,13-15,24-30H2. The lowest BCUT2D eigenvalue weighted by atomic mass is 10.2. The first kappa shape index (κ1) is 30.2. The predicted octanol–water partition coefficient (Wildman–Crippen LogP) is 5.29. The summed E-state index contributed by atoms with van der Waals surface area (Å²) < 4.78 is 39.9. The zero-order chi connectivity index (χ0) is 29.5. The summed E-state index contributed by atoms with van der Waals surface area (Å²) in [6.07, 6.45) is 3.01. The van der Waals surface area contributed by atoms with E-state index in [0.29, 0.717) is 13.2 Å². The minimum atomic E-state index is -3.03. The van der Waals surface area contributed by atoms with Crippen molar-refractivity contribution in [1.82, 2.24) is 14.2 Å². The highest BCUT2D eigenvalue weighted by atomic mass is 31.2. The van der Waals surface area contributed by atoms with Crippen molar-refractivity contribution in [2.24, 2.45) is 0 Å². The van der Waals surface area contributed by atoms with Crippen LogP contribution in [0.1, 0.15) is 19.3 Å². The number of hydrogen-bond donors (Lipinski definition) is 0. The number of unbranched alkanes of at least 4 members (excludes halogenated alkanes) is 1. The van der Waals surface area contributed by atoms with E-state index in [1.54, 1.807) is 0 Å². The smallest absolute Gasteiger partial charge is 0.208 e. The van der Waals surface area contributed by atoms with Crippen molar-refractivity contribution < 1.29 is 13.9 Å². The van der Waals surface area contributed by atoms with Crippen molar-refractivity contribution in [3.63, 3.8) is 0 Å². The number of hydrogen-bond acceptors (Lipinski definition) is 4. The Morgan fingerprint density at radius 3 is 1.65 bits per heavy atom. The number of rotatable bonds is 13. The topological polar surface area (TPSA) is 56.4 Å². The summed E-state index contributed by atoms with van der Waals surface area (Å²) in [6.45, 7) is 5.51. The van der Waals surface area contributed by atoms with Crippen LogP contribution in [0.4, 0.5) is 0 Å². The highest BCUT2D eigenvalue weighted by Crippen LogP contribution is 2.49. The van der Waals surface area contributed by atoms with Crippen molar-refractivity contribution in [2.75, 3.05) is 46.0 Å². The van der Waals surface area contributed by atoms with E-state index in [1.807, 2.05) is 121 Å². The maximum atomic E-state index is 15.0. The number of ether oxygens (including phenoxy) is 1. The van der Waals surface area contributed by atoms with E-state index in [-0.39, 0.29) is 6.10 Å². The van der Waals surface area contributed by atoms with Gasteiger partial charge in [-0.05, 0) is 74.3 Å². The van der Waals surface area contributed by atoms with Crippen LogP contribution in [0.2, 0.25) is 0 Å². The SMILES string of the molecule is O=P(c1ccccc1)(c1ccccc1)N(CCCCN1CCCN(P(=O)(c2ccccc2)c2ccccc2)C1)CC1CO1. The van der Waals surface area contributed by atoms with Gasteiger partial charge in [0.15, 0.2) is 0 Å². The highest BCUT2D eigenvalue weighted by molar-refractivity contribution is 7.77. The van der Waals surface area contributed by atoms with Gasteiger partial charge in [-0.1, -0.05) is 72.8 Å². The summed E-state index contributed by atoms with van der Waals surface area (Å²) >= 11 is 0. The van der Waals surface area contributed by atoms with Gasteiger partial charge in [-0.3, -0.25) is 14.0 Å². The molecule has 0 bridgehead atoms. The molecule has 2 aliphatic rings. The molecule has 4 aromatic carbocycles. The molecule has 2 fully saturated rings. The van der Waals surface area contributed by atoms with Gasteiger partial charge in [0, 0.05) is 47.4 Å². The molecule has 2 aliphatic heterocycles. The molecule has 0 spiro atoms. The Labute approximate surface area is 256 Å². The van der Waals surface area contributed by atoms with Gasteiger partial charge in [0.1, 0.15) is 0 Å². The molecule has 0 aromatic heterocycles. The zero-order valence-corrected chi connectivity index (χ0v) is 26.4. The normalized spacial score (nSPS) is 18.1. The van der Waals surface area contributed by atoms with Gasteiger partial charge in [0.25, 0.3) is 0 Å². The molecule has 224 valence electrons. The lowest BCUT2D eigenvalue weighted by Crippen LogP contribution is -2.46. The van der Waals surface area contributed by atoms with E-state index < -0.39 is 14.6 Å². The van der Waals surface area contributed by atoms with Gasteiger partial charge < -0.3 is 4.74 Å². The largest absolute Gasteiger partial charge is 0.372 e. The molecule has 0 N–H and O–H groups in total. The Bertz CT molecular complexity index is 1450. The molecule has 1 unspecified atom stereocenters. The van der Waals surface area contributed by atoms with Crippen LogP contribution in [-0.2, 0) is 13.9 Å². The maximum absolute atomic E-state index is 15.0. The van der Waals surface area contributed by atoms with Crippen LogP contribution in [0.15, 0.2) is 121 Å². The van der Waals surface area contributed by atoms with Gasteiger partial charge in [-0.15, -0.1) is 0 Å². The fourth-order valence-electron chi connectivity index (χ4n) is 6.12. The van der Waals surface area contributed by atoms with Crippen molar-refractivity contribution in [3.05, 3.63) is 121 Å². The second-order valence-corrected chi connectivity index (χ2v) is 16.9. The van der Waals surface area contributed by atoms with Gasteiger partial charge >= 0.3 is 0 Å². The van der Waals surface area contributed by atoms with Crippen molar-refractivity contribution in [3.8, 4) is 0 Å². The molecule has 43 heavy (non-hydrogen) atoms. The quantitative estimate of drug-likeness (QED) is 0.116. The van der Waals surface area contributed by atoms with E-state index in [4.69, 9.17) is 4.74 Å². The van der Waals surface area contributed by atoms with Gasteiger partial charge in [-0.25, -0.2) is 9.34 Å². The molecule has 2 saturated heterocycles. The molecule has 0 amide bonds. The monoisotopic (exact) mass is 613 g/mol. The average Bonchev–Trinajstić information content (AvgIpc) is 3.91. The van der Waals surface area contributed by atoms with E-state index in [9.17, 15) is 4.57 Å². The minimum absolute atomic E-state index is 0.140. The second kappa shape index (κ2) is 13.9. The Hall–Kier alpha value is -2.82. The summed E-state index contributed by atoms with van der Waals surface area (Å²) in [5, 5.41) is 3.51. The van der Waals surface area contributed by atoms with Crippen molar-refractivity contribution >= 4 is 35.8 Å². The third kappa shape index (κ3) is 6.81. The van der Waals surface area contributed by atoms with Gasteiger partial charge in [-0.2, -0.15) is 0 Å². The lowest BCUT2D eigenvalue weighted by molar-refractivity contribution is 0.145. The number of nitrogens with zero attached hydrogens (tertiary/aromatic N) is 3. The van der Waals surface area contributed by atoms with E-state index in [1.165, 1.54) is 0 Å². The second-order valence-electron chi connectivity index (χ2n) is 11.4. The lowest BCUT2D eigenvalue weighted by Gasteiger charge is -2.40. The molecule has 8 heteroatoms. The third-order valence-corrected chi connectivity index (χ3v) is 14.7. The van der Waals surface area contributed by atoms with Crippen LogP contribution in [0.5, 0.6) is 0 Å². The van der Waals surface area contributed by atoms with E-state index in [2.05, 4.69) is 14.2 Å². The molecule has 0 saturated carbocycles. The van der Waals surface area contributed by atoms with Crippen LogP contribution in [0.3, 0.4) is 0 Å². The Balaban J connectivity index is 1.15. The Kier molecular flexibility index (Phi) is 9.74. The molecule has 0 aliphatic carbocycles. The molecular formula is C35H41N3O3P2. The first-order valence-corrected chi connectivity index (χ1v) is 18.7. The molecule has 6 nitrogen and oxygen atoms in total. The molecule has 0 radical (unpaired) electrons. The Morgan fingerprint density at radius 1 is 0.674 bits per heavy atom. The van der Waals surface area contributed by atoms with Crippen LogP contribution >= 0.6 is 14.6 Å². The summed E-state index contributed by atoms with van der Waals surface area (Å²) in [4.78, 5) is 2.43. The molecule has 1 atom stereocenters. The van der Waals surface area contributed by atoms with Crippen LogP contribution in [-0.4, -0.2) is 66.3 Å². The van der Waals surface area contributed by atoms with Crippen LogP contribution in [0, 0.1) is 0 Å². The summed E-state index contributed by atoms with van der Waals surface area (Å²) in [7, 11) is -5.98. The predicted molar refractivity (Wildman–Crippen MR) is 178 cm³/mol. The van der Waals surface area contributed by atoms with Gasteiger partial charge in [0.05, 0.1) is 19.4 Å². The third-order valence-electron chi connectivity index (χ3n) is 8.43. The summed E-state index contributed by atoms with van der Waals surface area (Å²) in [6, 6.07) is 39.7. The van der Waals surface area contributed by atoms with Gasteiger partial charge in [0.2, 0.25) is 14.6 Å². The average molecular weight is 614 g/mol. The minimum Gasteiger partial charge on any atom is -0.372 e. The maximum Gasteiger partial charge on any atom is 0.208 e. The van der Waals surface area contributed by atoms with Crippen LogP contribution < -0.4 is 21.2 Å². The summed E-state index contributed by atoms with van der Waals surface area (Å²) in [5.41, 5.74) is 0. The Morgan fingerprint density at radius 2 is 1.16 bits per heavy atom. The van der Waals surface area contributed by atoms with E-state index >= 15 is 4.57 Å². The van der Waals surface area contributed by atoms with Crippen molar-refractivity contribution in [2.45, 2.75) is 25.4 Å². The molecule has 6 rings (SSSR count). The molecule has 4 aromatic rings. The zero-order valence-electron chi connectivity index (χ0n) is 24.7. The number of epoxide rings is 1. The first-order valence-electron chi connectivity index (χ1n) is 15.4. The fourth-order valence-corrected chi connectivity index (χ4v) is 11.9. The highest BCUT2D eigenvalue weighted by Gasteiger charge is 2.39. The molecule has 2 heterocycles. The van der Waals surface area contributed by atoms with Crippen LogP contribution in [0.25, 0.3) is 0 Å². The summed E-state index contributed by atoms with van der Waals surface area (Å²) in [5.74, 6) is 0. The molecular weight excluding hydrogens is 572 g/mol.